The molecule has 0 bridgehead atoms. The minimum atomic E-state index is -0.983. The predicted octanol–water partition coefficient (Wildman–Crippen LogP) is 3.15. The summed E-state index contributed by atoms with van der Waals surface area (Å²) in [5.74, 6) is -2.97. The second-order valence-corrected chi connectivity index (χ2v) is 15.4. The topological polar surface area (TPSA) is 168 Å². The molecule has 1 aromatic rings. The van der Waals surface area contributed by atoms with Crippen molar-refractivity contribution in [1.29, 1.82) is 0 Å². The molecule has 6 atom stereocenters. The number of nitrogens with one attached hydrogen (secondary N) is 3. The van der Waals surface area contributed by atoms with E-state index in [1.807, 2.05) is 27.7 Å². The Bertz CT molecular complexity index is 1370. The number of nitrogens with zero attached hydrogens (tertiary/aromatic N) is 3. The standard InChI is InChI=1S/C36H52N6O6/c1-5-10-25(30(44)29(43)22-15-16-22)39-34(47)28-24-14-9-13-23(24)20-42(28)35(48)31(36(2,3)4)41-33(46)27(21-11-7-6-8-12-21)40-32(45)26-19-37-17-18-38-26/h17-19,21-25,27-28,31H,5-16,20H2,1-4H3,(H,39,47)(H,40,45)(H,41,46)/t23?,24?,25-,27-,28-,31+/m0/s1. The number of fused-ring (bicyclic) bond motifs is 1. The van der Waals surface area contributed by atoms with Crippen LogP contribution in [0.3, 0.4) is 0 Å². The molecule has 0 radical (unpaired) electrons. The Balaban J connectivity index is 1.36. The van der Waals surface area contributed by atoms with Gasteiger partial charge in [0.2, 0.25) is 29.3 Å². The van der Waals surface area contributed by atoms with Crippen molar-refractivity contribution in [3.63, 3.8) is 0 Å². The van der Waals surface area contributed by atoms with Crippen LogP contribution in [0.2, 0.25) is 0 Å². The summed E-state index contributed by atoms with van der Waals surface area (Å²) in [5.41, 5.74) is -0.625. The molecule has 1 aliphatic heterocycles. The van der Waals surface area contributed by atoms with E-state index in [-0.39, 0.29) is 35.3 Å². The van der Waals surface area contributed by atoms with E-state index >= 15 is 0 Å². The molecule has 5 rings (SSSR count). The Kier molecular flexibility index (Phi) is 11.3. The molecule has 3 N–H and O–H groups in total. The van der Waals surface area contributed by atoms with Gasteiger partial charge in [0.25, 0.3) is 5.91 Å². The number of carbonyl (C=O) groups excluding carboxylic acids is 6. The van der Waals surface area contributed by atoms with Gasteiger partial charge >= 0.3 is 0 Å². The van der Waals surface area contributed by atoms with Gasteiger partial charge in [-0.25, -0.2) is 4.98 Å². The zero-order chi connectivity index (χ0) is 34.6. The molecule has 0 aromatic carbocycles. The average Bonchev–Trinajstić information content (AvgIpc) is 3.72. The highest BCUT2D eigenvalue weighted by atomic mass is 16.2. The first-order valence-electron chi connectivity index (χ1n) is 18.0. The van der Waals surface area contributed by atoms with Gasteiger partial charge in [-0.15, -0.1) is 0 Å². The van der Waals surface area contributed by atoms with E-state index in [9.17, 15) is 28.8 Å². The van der Waals surface area contributed by atoms with Gasteiger partial charge in [-0.2, -0.15) is 0 Å². The van der Waals surface area contributed by atoms with Gasteiger partial charge in [0.05, 0.1) is 12.2 Å². The molecule has 2 heterocycles. The van der Waals surface area contributed by atoms with E-state index in [1.165, 1.54) is 18.6 Å². The largest absolute Gasteiger partial charge is 0.344 e. The number of amides is 4. The second-order valence-electron chi connectivity index (χ2n) is 15.4. The number of hydrogen-bond donors (Lipinski definition) is 3. The number of rotatable bonds is 13. The van der Waals surface area contributed by atoms with Crippen LogP contribution in [0.4, 0.5) is 0 Å². The molecule has 2 unspecified atom stereocenters. The average molecular weight is 665 g/mol. The summed E-state index contributed by atoms with van der Waals surface area (Å²) in [6.07, 6.45) is 13.7. The van der Waals surface area contributed by atoms with Crippen molar-refractivity contribution in [2.75, 3.05) is 6.54 Å². The van der Waals surface area contributed by atoms with Crippen LogP contribution in [0.25, 0.3) is 0 Å². The molecule has 4 aliphatic rings. The molecule has 262 valence electrons. The Morgan fingerprint density at radius 3 is 2.25 bits per heavy atom. The maximum atomic E-state index is 14.6. The highest BCUT2D eigenvalue weighted by Gasteiger charge is 2.52. The van der Waals surface area contributed by atoms with E-state index in [0.29, 0.717) is 32.2 Å². The van der Waals surface area contributed by atoms with Crippen molar-refractivity contribution in [3.05, 3.63) is 24.3 Å². The maximum absolute atomic E-state index is 14.6. The van der Waals surface area contributed by atoms with Crippen molar-refractivity contribution >= 4 is 35.2 Å². The Labute approximate surface area is 283 Å². The third-order valence-corrected chi connectivity index (χ3v) is 10.7. The molecule has 0 spiro atoms. The first kappa shape index (κ1) is 35.6. The predicted molar refractivity (Wildman–Crippen MR) is 177 cm³/mol. The van der Waals surface area contributed by atoms with Crippen molar-refractivity contribution < 1.29 is 28.8 Å². The van der Waals surface area contributed by atoms with Crippen LogP contribution in [0.15, 0.2) is 18.6 Å². The lowest BCUT2D eigenvalue weighted by Crippen LogP contribution is -2.62. The van der Waals surface area contributed by atoms with Crippen molar-refractivity contribution in [2.45, 2.75) is 129 Å². The summed E-state index contributed by atoms with van der Waals surface area (Å²) in [4.78, 5) is 91.3. The van der Waals surface area contributed by atoms with Crippen molar-refractivity contribution in [1.82, 2.24) is 30.8 Å². The molecule has 4 amide bonds. The summed E-state index contributed by atoms with van der Waals surface area (Å²) in [6.45, 7) is 7.89. The van der Waals surface area contributed by atoms with Crippen molar-refractivity contribution in [3.8, 4) is 0 Å². The van der Waals surface area contributed by atoms with Crippen LogP contribution < -0.4 is 16.0 Å². The summed E-state index contributed by atoms with van der Waals surface area (Å²) >= 11 is 0. The lowest BCUT2D eigenvalue weighted by atomic mass is 9.82. The molecule has 12 nitrogen and oxygen atoms in total. The normalized spacial score (nSPS) is 24.6. The third-order valence-electron chi connectivity index (χ3n) is 10.7. The smallest absolute Gasteiger partial charge is 0.272 e. The zero-order valence-corrected chi connectivity index (χ0v) is 28.8. The molecular weight excluding hydrogens is 612 g/mol. The van der Waals surface area contributed by atoms with E-state index in [1.54, 1.807) is 4.90 Å². The van der Waals surface area contributed by atoms with E-state index in [2.05, 4.69) is 25.9 Å². The Morgan fingerprint density at radius 1 is 0.896 bits per heavy atom. The number of Topliss-reactive ketones (excluding diaryl/α,β-unsaturated/α-hetero) is 2. The summed E-state index contributed by atoms with van der Waals surface area (Å²) < 4.78 is 0. The lowest BCUT2D eigenvalue weighted by molar-refractivity contribution is -0.146. The first-order chi connectivity index (χ1) is 22.9. The minimum Gasteiger partial charge on any atom is -0.344 e. The van der Waals surface area contributed by atoms with Crippen LogP contribution in [-0.4, -0.2) is 80.8 Å². The molecule has 3 aliphatic carbocycles. The number of aromatic nitrogens is 2. The monoisotopic (exact) mass is 664 g/mol. The number of ketones is 2. The number of carbonyl (C=O) groups is 6. The van der Waals surface area contributed by atoms with Crippen molar-refractivity contribution in [2.24, 2.45) is 29.1 Å². The summed E-state index contributed by atoms with van der Waals surface area (Å²) in [6, 6.07) is -3.58. The third kappa shape index (κ3) is 8.11. The van der Waals surface area contributed by atoms with Gasteiger partial charge < -0.3 is 20.9 Å². The van der Waals surface area contributed by atoms with Crippen LogP contribution >= 0.6 is 0 Å². The highest BCUT2D eigenvalue weighted by Crippen LogP contribution is 2.43. The van der Waals surface area contributed by atoms with Gasteiger partial charge in [0, 0.05) is 24.9 Å². The van der Waals surface area contributed by atoms with Crippen LogP contribution in [0, 0.1) is 29.1 Å². The van der Waals surface area contributed by atoms with Gasteiger partial charge in [-0.1, -0.05) is 59.8 Å². The number of likely N-dealkylation sites (tertiary alicyclic amines) is 1. The molecular formula is C36H52N6O6. The fourth-order valence-electron chi connectivity index (χ4n) is 7.94. The van der Waals surface area contributed by atoms with E-state index < -0.39 is 58.9 Å². The molecule has 48 heavy (non-hydrogen) atoms. The molecule has 1 saturated heterocycles. The summed E-state index contributed by atoms with van der Waals surface area (Å²) in [7, 11) is 0. The number of hydrogen-bond acceptors (Lipinski definition) is 8. The minimum absolute atomic E-state index is 0.0666. The second kappa shape index (κ2) is 15.2. The van der Waals surface area contributed by atoms with Crippen LogP contribution in [-0.2, 0) is 24.0 Å². The Hall–Kier alpha value is -3.70. The summed E-state index contributed by atoms with van der Waals surface area (Å²) in [5, 5.41) is 8.79. The molecule has 3 saturated carbocycles. The van der Waals surface area contributed by atoms with Gasteiger partial charge in [0.1, 0.15) is 23.8 Å². The fraction of sp³-hybridized carbons (Fsp3) is 0.722. The van der Waals surface area contributed by atoms with Gasteiger partial charge in [-0.3, -0.25) is 33.8 Å². The molecule has 4 fully saturated rings. The van der Waals surface area contributed by atoms with Gasteiger partial charge in [0.15, 0.2) is 0 Å². The molecule has 12 heteroatoms. The highest BCUT2D eigenvalue weighted by molar-refractivity contribution is 6.40. The van der Waals surface area contributed by atoms with E-state index in [4.69, 9.17) is 0 Å². The first-order valence-corrected chi connectivity index (χ1v) is 18.0. The lowest BCUT2D eigenvalue weighted by Gasteiger charge is -2.38. The van der Waals surface area contributed by atoms with Gasteiger partial charge in [-0.05, 0) is 68.1 Å². The maximum Gasteiger partial charge on any atom is 0.272 e. The van der Waals surface area contributed by atoms with Crippen LogP contribution in [0.5, 0.6) is 0 Å². The van der Waals surface area contributed by atoms with E-state index in [0.717, 1.165) is 51.4 Å². The van der Waals surface area contributed by atoms with Crippen LogP contribution in [0.1, 0.15) is 115 Å². The quantitative estimate of drug-likeness (QED) is 0.271. The Morgan fingerprint density at radius 2 is 1.62 bits per heavy atom. The SMILES string of the molecule is CCC[C@H](NC(=O)[C@@H]1C2CCCC2CN1C(=O)[C@@H](NC(=O)[C@@H](NC(=O)c1cnccn1)C1CCCCC1)C(C)(C)C)C(=O)C(=O)C1CC1. The fourth-order valence-corrected chi connectivity index (χ4v) is 7.94. The molecule has 1 aromatic heterocycles. The zero-order valence-electron chi connectivity index (χ0n) is 28.8.